The average molecular weight is 490 g/mol. The molecule has 1 aliphatic heterocycles. The molecule has 0 unspecified atom stereocenters. The lowest BCUT2D eigenvalue weighted by Crippen LogP contribution is -2.11. The predicted octanol–water partition coefficient (Wildman–Crippen LogP) is 7.06. The molecule has 0 radical (unpaired) electrons. The second kappa shape index (κ2) is 11.3. The second-order valence-electron chi connectivity index (χ2n) is 7.40. The molecule has 4 nitrogen and oxygen atoms in total. The van der Waals surface area contributed by atoms with Crippen LogP contribution < -0.4 is 5.73 Å². The minimum absolute atomic E-state index is 0.119. The van der Waals surface area contributed by atoms with Gasteiger partial charge in [0.1, 0.15) is 11.6 Å². The molecule has 0 atom stereocenters. The number of hydrogen-bond donors (Lipinski definition) is 1. The predicted molar refractivity (Wildman–Crippen MR) is 116 cm³/mol. The Hall–Kier alpha value is -3.11. The highest BCUT2D eigenvalue weighted by atomic mass is 19.4. The Morgan fingerprint density at radius 2 is 1.88 bits per heavy atom. The molecule has 0 aromatic carbocycles. The van der Waals surface area contributed by atoms with E-state index in [9.17, 15) is 30.7 Å². The summed E-state index contributed by atoms with van der Waals surface area (Å²) >= 11 is 0. The monoisotopic (exact) mass is 490 g/mol. The number of fused-ring (bicyclic) bond motifs is 1. The molecule has 0 aliphatic carbocycles. The van der Waals surface area contributed by atoms with Crippen LogP contribution in [-0.4, -0.2) is 20.9 Å². The average Bonchev–Trinajstić information content (AvgIpc) is 3.19. The third-order valence-corrected chi connectivity index (χ3v) is 4.90. The van der Waals surface area contributed by atoms with Crippen LogP contribution in [0.4, 0.5) is 36.6 Å². The SMILES string of the molecule is C\C=C(F)/C(=C\C(=C\CC)C(F)(F)F)c1cc2n(n1)CCCC2.Nc1ncccc1C(F)(F)F. The van der Waals surface area contributed by atoms with Crippen molar-refractivity contribution in [3.63, 3.8) is 0 Å². The Balaban J connectivity index is 0.000000310. The molecule has 11 heteroatoms. The van der Waals surface area contributed by atoms with E-state index in [1.165, 1.54) is 19.2 Å². The highest BCUT2D eigenvalue weighted by molar-refractivity contribution is 5.77. The molecule has 3 heterocycles. The molecule has 0 spiro atoms. The first-order valence-corrected chi connectivity index (χ1v) is 10.5. The van der Waals surface area contributed by atoms with Gasteiger partial charge in [-0.05, 0) is 56.9 Å². The van der Waals surface area contributed by atoms with Gasteiger partial charge in [-0.2, -0.15) is 31.4 Å². The van der Waals surface area contributed by atoms with Crippen molar-refractivity contribution >= 4 is 11.4 Å². The van der Waals surface area contributed by atoms with Crippen molar-refractivity contribution < 1.29 is 30.7 Å². The van der Waals surface area contributed by atoms with Crippen molar-refractivity contribution in [2.75, 3.05) is 5.73 Å². The van der Waals surface area contributed by atoms with Crippen molar-refractivity contribution in [3.8, 4) is 0 Å². The molecule has 0 fully saturated rings. The molecule has 186 valence electrons. The molecular formula is C23H25F7N4. The maximum Gasteiger partial charge on any atom is 0.419 e. The first kappa shape index (κ1) is 27.1. The Kier molecular flexibility index (Phi) is 9.06. The summed E-state index contributed by atoms with van der Waals surface area (Å²) in [7, 11) is 0. The van der Waals surface area contributed by atoms with Gasteiger partial charge in [0, 0.05) is 24.0 Å². The number of aryl methyl sites for hydroxylation is 2. The number of halogens is 7. The zero-order valence-corrected chi connectivity index (χ0v) is 18.6. The summed E-state index contributed by atoms with van der Waals surface area (Å²) in [6, 6.07) is 3.77. The van der Waals surface area contributed by atoms with Crippen LogP contribution in [0.1, 0.15) is 50.1 Å². The van der Waals surface area contributed by atoms with Gasteiger partial charge in [-0.15, -0.1) is 0 Å². The maximum absolute atomic E-state index is 14.2. The van der Waals surface area contributed by atoms with Gasteiger partial charge in [0.2, 0.25) is 0 Å². The number of hydrogen-bond acceptors (Lipinski definition) is 3. The second-order valence-corrected chi connectivity index (χ2v) is 7.40. The van der Waals surface area contributed by atoms with E-state index in [-0.39, 0.29) is 17.7 Å². The van der Waals surface area contributed by atoms with E-state index in [2.05, 4.69) is 10.1 Å². The number of aromatic nitrogens is 3. The van der Waals surface area contributed by atoms with E-state index in [0.29, 0.717) is 0 Å². The molecular weight excluding hydrogens is 465 g/mol. The van der Waals surface area contributed by atoms with E-state index >= 15 is 0 Å². The number of allylic oxidation sites excluding steroid dienone is 6. The molecule has 3 rings (SSSR count). The number of rotatable bonds is 4. The first-order valence-electron chi connectivity index (χ1n) is 10.5. The summed E-state index contributed by atoms with van der Waals surface area (Å²) in [5.74, 6) is -1.19. The summed E-state index contributed by atoms with van der Waals surface area (Å²) in [6.07, 6.45) is -1.62. The first-order chi connectivity index (χ1) is 15.9. The lowest BCUT2D eigenvalue weighted by Gasteiger charge is -2.12. The Morgan fingerprint density at radius 3 is 2.38 bits per heavy atom. The fourth-order valence-electron chi connectivity index (χ4n) is 3.26. The van der Waals surface area contributed by atoms with E-state index < -0.39 is 35.1 Å². The van der Waals surface area contributed by atoms with Crippen LogP contribution in [0.15, 0.2) is 54.0 Å². The standard InChI is InChI=1S/C17H20F4N2.C6H5F3N2/c1-3-7-12(17(19,20)21)10-14(15(18)4-2)16-11-13-8-5-6-9-23(13)22-16;7-6(8,9)4-2-1-3-11-5(4)10/h4,7,10-11H,3,5-6,8-9H2,1-2H3;1-3H,(H2,10,11)/b12-7-,14-10+,15-4+;. The van der Waals surface area contributed by atoms with Crippen LogP contribution >= 0.6 is 0 Å². The van der Waals surface area contributed by atoms with Crippen LogP contribution in [0, 0.1) is 0 Å². The van der Waals surface area contributed by atoms with Crippen molar-refractivity contribution in [2.24, 2.45) is 0 Å². The summed E-state index contributed by atoms with van der Waals surface area (Å²) in [5, 5.41) is 4.29. The van der Waals surface area contributed by atoms with Gasteiger partial charge in [-0.3, -0.25) is 4.68 Å². The molecule has 0 saturated carbocycles. The molecule has 0 saturated heterocycles. The molecule has 2 aromatic heterocycles. The zero-order chi connectivity index (χ0) is 25.5. The van der Waals surface area contributed by atoms with Gasteiger partial charge in [0.15, 0.2) is 0 Å². The van der Waals surface area contributed by atoms with E-state index in [4.69, 9.17) is 5.73 Å². The highest BCUT2D eigenvalue weighted by Crippen LogP contribution is 2.34. The molecule has 0 amide bonds. The summed E-state index contributed by atoms with van der Waals surface area (Å²) in [5.41, 5.74) is 4.31. The molecule has 2 aromatic rings. The summed E-state index contributed by atoms with van der Waals surface area (Å²) < 4.78 is 91.0. The highest BCUT2D eigenvalue weighted by Gasteiger charge is 2.33. The van der Waals surface area contributed by atoms with E-state index in [1.54, 1.807) is 17.7 Å². The van der Waals surface area contributed by atoms with Crippen LogP contribution in [0.3, 0.4) is 0 Å². The van der Waals surface area contributed by atoms with Crippen molar-refractivity contribution in [1.29, 1.82) is 0 Å². The number of pyridine rings is 1. The summed E-state index contributed by atoms with van der Waals surface area (Å²) in [6.45, 7) is 3.79. The normalized spacial score (nSPS) is 15.5. The van der Waals surface area contributed by atoms with Gasteiger partial charge >= 0.3 is 12.4 Å². The third kappa shape index (κ3) is 7.19. The Labute approximate surface area is 192 Å². The minimum atomic E-state index is -4.52. The number of alkyl halides is 6. The zero-order valence-electron chi connectivity index (χ0n) is 18.6. The van der Waals surface area contributed by atoms with Crippen LogP contribution in [0.2, 0.25) is 0 Å². The Morgan fingerprint density at radius 1 is 1.18 bits per heavy atom. The number of nitrogen functional groups attached to an aromatic ring is 1. The number of nitrogens with zero attached hydrogens (tertiary/aromatic N) is 3. The van der Waals surface area contributed by atoms with Gasteiger partial charge in [0.05, 0.1) is 16.8 Å². The molecule has 2 N–H and O–H groups in total. The quantitative estimate of drug-likeness (QED) is 0.369. The van der Waals surface area contributed by atoms with Crippen molar-refractivity contribution in [1.82, 2.24) is 14.8 Å². The number of anilines is 1. The molecule has 1 aliphatic rings. The van der Waals surface area contributed by atoms with Crippen molar-refractivity contribution in [2.45, 2.75) is 58.4 Å². The smallest absolute Gasteiger partial charge is 0.383 e. The van der Waals surface area contributed by atoms with Crippen LogP contribution in [-0.2, 0) is 19.1 Å². The van der Waals surface area contributed by atoms with E-state index in [0.717, 1.165) is 55.8 Å². The number of nitrogens with two attached hydrogens (primary N) is 1. The van der Waals surface area contributed by atoms with Crippen LogP contribution in [0.5, 0.6) is 0 Å². The third-order valence-electron chi connectivity index (χ3n) is 4.90. The topological polar surface area (TPSA) is 56.7 Å². The molecule has 0 bridgehead atoms. The van der Waals surface area contributed by atoms with Gasteiger partial charge in [-0.25, -0.2) is 9.37 Å². The molecule has 34 heavy (non-hydrogen) atoms. The Bertz CT molecular complexity index is 1040. The van der Waals surface area contributed by atoms with Gasteiger partial charge in [-0.1, -0.05) is 19.1 Å². The van der Waals surface area contributed by atoms with Crippen LogP contribution in [0.25, 0.3) is 5.57 Å². The lowest BCUT2D eigenvalue weighted by molar-refractivity contribution is -0.137. The maximum atomic E-state index is 14.2. The minimum Gasteiger partial charge on any atom is -0.383 e. The van der Waals surface area contributed by atoms with E-state index in [1.807, 2.05) is 0 Å². The lowest BCUT2D eigenvalue weighted by atomic mass is 10.0. The fourth-order valence-corrected chi connectivity index (χ4v) is 3.26. The largest absolute Gasteiger partial charge is 0.419 e. The van der Waals surface area contributed by atoms with Gasteiger partial charge in [0.25, 0.3) is 0 Å². The fraction of sp³-hybridized carbons (Fsp3) is 0.391. The van der Waals surface area contributed by atoms with Gasteiger partial charge < -0.3 is 5.73 Å². The van der Waals surface area contributed by atoms with Crippen molar-refractivity contribution in [3.05, 3.63) is 71.0 Å². The summed E-state index contributed by atoms with van der Waals surface area (Å²) in [4.78, 5) is 3.30.